The van der Waals surface area contributed by atoms with Crippen molar-refractivity contribution < 1.29 is 0 Å². The maximum Gasteiger partial charge on any atom is 0.307 e. The number of benzene rings is 1. The molecule has 1 aromatic heterocycles. The fourth-order valence-corrected chi connectivity index (χ4v) is 4.15. The van der Waals surface area contributed by atoms with Gasteiger partial charge in [-0.2, -0.15) is 0 Å². The average Bonchev–Trinajstić information content (AvgIpc) is 2.83. The van der Waals surface area contributed by atoms with Crippen LogP contribution in [0.5, 0.6) is 0 Å². The highest BCUT2D eigenvalue weighted by atomic mass is 32.1. The van der Waals surface area contributed by atoms with E-state index in [1.807, 2.05) is 14.0 Å². The van der Waals surface area contributed by atoms with Gasteiger partial charge in [0.1, 0.15) is 0 Å². The van der Waals surface area contributed by atoms with E-state index < -0.39 is 0 Å². The van der Waals surface area contributed by atoms with Crippen molar-refractivity contribution in [2.24, 2.45) is 7.05 Å². The van der Waals surface area contributed by atoms with Crippen LogP contribution in [0.4, 0.5) is 5.69 Å². The SMILES string of the molecule is Cc1c(CCCN2CCN(c3ccccc3)CC2)sc(=O)n1C. The van der Waals surface area contributed by atoms with Crippen molar-refractivity contribution in [2.75, 3.05) is 37.6 Å². The van der Waals surface area contributed by atoms with Gasteiger partial charge in [0.15, 0.2) is 0 Å². The molecule has 23 heavy (non-hydrogen) atoms. The Hall–Kier alpha value is -1.59. The molecule has 1 fully saturated rings. The van der Waals surface area contributed by atoms with Gasteiger partial charge in [-0.05, 0) is 38.4 Å². The molecule has 0 amide bonds. The highest BCUT2D eigenvalue weighted by Gasteiger charge is 2.17. The Morgan fingerprint density at radius 1 is 1.09 bits per heavy atom. The monoisotopic (exact) mass is 331 g/mol. The predicted molar refractivity (Wildman–Crippen MR) is 97.7 cm³/mol. The number of thiazole rings is 1. The Bertz CT molecular complexity index is 684. The second kappa shape index (κ2) is 7.32. The molecular formula is C18H25N3OS. The standard InChI is InChI=1S/C18H25N3OS/c1-15-17(23-18(22)19(15)2)9-6-10-20-11-13-21(14-12-20)16-7-4-3-5-8-16/h3-5,7-8H,6,9-14H2,1-2H3. The second-order valence-electron chi connectivity index (χ2n) is 6.20. The van der Waals surface area contributed by atoms with Crippen LogP contribution in [-0.4, -0.2) is 42.2 Å². The summed E-state index contributed by atoms with van der Waals surface area (Å²) in [5.74, 6) is 0. The number of piperazine rings is 1. The fourth-order valence-electron chi connectivity index (χ4n) is 3.14. The first kappa shape index (κ1) is 16.3. The van der Waals surface area contributed by atoms with Crippen LogP contribution in [0.1, 0.15) is 17.0 Å². The first-order valence-corrected chi connectivity index (χ1v) is 9.14. The molecule has 5 heteroatoms. The molecule has 1 aromatic carbocycles. The molecule has 0 bridgehead atoms. The Kier molecular flexibility index (Phi) is 5.18. The van der Waals surface area contributed by atoms with Gasteiger partial charge in [-0.3, -0.25) is 9.69 Å². The lowest BCUT2D eigenvalue weighted by molar-refractivity contribution is 0.255. The Morgan fingerprint density at radius 3 is 2.39 bits per heavy atom. The molecule has 1 aliphatic heterocycles. The van der Waals surface area contributed by atoms with Crippen LogP contribution in [0, 0.1) is 6.92 Å². The summed E-state index contributed by atoms with van der Waals surface area (Å²) in [6.45, 7) is 7.62. The largest absolute Gasteiger partial charge is 0.369 e. The zero-order valence-corrected chi connectivity index (χ0v) is 14.8. The zero-order chi connectivity index (χ0) is 16.2. The van der Waals surface area contributed by atoms with Crippen LogP contribution in [0.25, 0.3) is 0 Å². The maximum atomic E-state index is 11.7. The molecule has 0 aliphatic carbocycles. The molecule has 0 atom stereocenters. The second-order valence-corrected chi connectivity index (χ2v) is 7.25. The summed E-state index contributed by atoms with van der Waals surface area (Å²) in [6, 6.07) is 10.7. The first-order chi connectivity index (χ1) is 11.1. The Balaban J connectivity index is 1.44. The van der Waals surface area contributed by atoms with Gasteiger partial charge in [-0.15, -0.1) is 0 Å². The smallest absolute Gasteiger partial charge is 0.307 e. The summed E-state index contributed by atoms with van der Waals surface area (Å²) in [5.41, 5.74) is 2.46. The Morgan fingerprint density at radius 2 is 1.78 bits per heavy atom. The highest BCUT2D eigenvalue weighted by Crippen LogP contribution is 2.17. The lowest BCUT2D eigenvalue weighted by atomic mass is 10.2. The predicted octanol–water partition coefficient (Wildman–Crippen LogP) is 2.51. The van der Waals surface area contributed by atoms with E-state index >= 15 is 0 Å². The van der Waals surface area contributed by atoms with E-state index in [0.717, 1.165) is 51.3 Å². The van der Waals surface area contributed by atoms with Crippen molar-refractivity contribution in [3.05, 3.63) is 50.6 Å². The number of nitrogens with zero attached hydrogens (tertiary/aromatic N) is 3. The summed E-state index contributed by atoms with van der Waals surface area (Å²) in [6.07, 6.45) is 2.15. The third kappa shape index (κ3) is 3.85. The molecular weight excluding hydrogens is 306 g/mol. The molecule has 0 N–H and O–H groups in total. The van der Waals surface area contributed by atoms with Gasteiger partial charge < -0.3 is 9.47 Å². The van der Waals surface area contributed by atoms with E-state index in [4.69, 9.17) is 0 Å². The number of anilines is 1. The molecule has 4 nitrogen and oxygen atoms in total. The average molecular weight is 331 g/mol. The van der Waals surface area contributed by atoms with Crippen LogP contribution in [-0.2, 0) is 13.5 Å². The molecule has 0 radical (unpaired) electrons. The lowest BCUT2D eigenvalue weighted by Gasteiger charge is -2.36. The van der Waals surface area contributed by atoms with E-state index in [1.165, 1.54) is 21.9 Å². The summed E-state index contributed by atoms with van der Waals surface area (Å²) < 4.78 is 1.76. The Labute approximate surface area is 142 Å². The minimum absolute atomic E-state index is 0.161. The van der Waals surface area contributed by atoms with Crippen molar-refractivity contribution >= 4 is 17.0 Å². The normalized spacial score (nSPS) is 16.0. The number of aryl methyl sites for hydroxylation is 1. The molecule has 1 saturated heterocycles. The number of aromatic nitrogens is 1. The minimum atomic E-state index is 0.161. The quantitative estimate of drug-likeness (QED) is 0.843. The number of hydrogen-bond donors (Lipinski definition) is 0. The van der Waals surface area contributed by atoms with E-state index in [9.17, 15) is 4.79 Å². The van der Waals surface area contributed by atoms with Gasteiger partial charge in [0.25, 0.3) is 0 Å². The molecule has 0 spiro atoms. The van der Waals surface area contributed by atoms with Crippen LogP contribution in [0.3, 0.4) is 0 Å². The van der Waals surface area contributed by atoms with Gasteiger partial charge in [0, 0.05) is 49.5 Å². The highest BCUT2D eigenvalue weighted by molar-refractivity contribution is 7.09. The van der Waals surface area contributed by atoms with Crippen molar-refractivity contribution in [3.63, 3.8) is 0 Å². The summed E-state index contributed by atoms with van der Waals surface area (Å²) in [7, 11) is 1.86. The third-order valence-corrected chi connectivity index (χ3v) is 5.96. The molecule has 3 rings (SSSR count). The minimum Gasteiger partial charge on any atom is -0.369 e. The molecule has 124 valence electrons. The number of hydrogen-bond acceptors (Lipinski definition) is 4. The van der Waals surface area contributed by atoms with Crippen molar-refractivity contribution in [1.82, 2.24) is 9.47 Å². The van der Waals surface area contributed by atoms with Crippen molar-refractivity contribution in [1.29, 1.82) is 0 Å². The van der Waals surface area contributed by atoms with Crippen molar-refractivity contribution in [2.45, 2.75) is 19.8 Å². The van der Waals surface area contributed by atoms with Crippen LogP contribution in [0.2, 0.25) is 0 Å². The van der Waals surface area contributed by atoms with E-state index in [1.54, 1.807) is 4.57 Å². The molecule has 0 saturated carbocycles. The fraction of sp³-hybridized carbons (Fsp3) is 0.500. The number of rotatable bonds is 5. The lowest BCUT2D eigenvalue weighted by Crippen LogP contribution is -2.46. The summed E-state index contributed by atoms with van der Waals surface area (Å²) >= 11 is 1.41. The first-order valence-electron chi connectivity index (χ1n) is 8.33. The van der Waals surface area contributed by atoms with Gasteiger partial charge >= 0.3 is 4.87 Å². The van der Waals surface area contributed by atoms with E-state index in [2.05, 4.69) is 40.1 Å². The molecule has 0 unspecified atom stereocenters. The van der Waals surface area contributed by atoms with Crippen LogP contribution in [0.15, 0.2) is 35.1 Å². The van der Waals surface area contributed by atoms with Gasteiger partial charge in [0.2, 0.25) is 0 Å². The molecule has 2 heterocycles. The zero-order valence-electron chi connectivity index (χ0n) is 14.0. The van der Waals surface area contributed by atoms with E-state index in [-0.39, 0.29) is 4.87 Å². The van der Waals surface area contributed by atoms with Gasteiger partial charge in [-0.1, -0.05) is 29.5 Å². The molecule has 2 aromatic rings. The van der Waals surface area contributed by atoms with Crippen molar-refractivity contribution in [3.8, 4) is 0 Å². The molecule has 1 aliphatic rings. The van der Waals surface area contributed by atoms with Crippen LogP contribution >= 0.6 is 11.3 Å². The van der Waals surface area contributed by atoms with Gasteiger partial charge in [-0.25, -0.2) is 0 Å². The third-order valence-electron chi connectivity index (χ3n) is 4.76. The van der Waals surface area contributed by atoms with Gasteiger partial charge in [0.05, 0.1) is 0 Å². The number of para-hydroxylation sites is 1. The van der Waals surface area contributed by atoms with E-state index in [0.29, 0.717) is 0 Å². The summed E-state index contributed by atoms with van der Waals surface area (Å²) in [5, 5.41) is 0. The topological polar surface area (TPSA) is 28.5 Å². The maximum absolute atomic E-state index is 11.7. The summed E-state index contributed by atoms with van der Waals surface area (Å²) in [4.78, 5) is 18.1. The van der Waals surface area contributed by atoms with Crippen LogP contribution < -0.4 is 9.77 Å².